The van der Waals surface area contributed by atoms with Crippen molar-refractivity contribution in [1.29, 1.82) is 0 Å². The highest BCUT2D eigenvalue weighted by Crippen LogP contribution is 2.35. The third-order valence-corrected chi connectivity index (χ3v) is 5.89. The average Bonchev–Trinajstić information content (AvgIpc) is 2.86. The molecule has 2 heterocycles. The number of carbonyl (C=O) groups excluding carboxylic acids is 1. The molecule has 2 N–H and O–H groups in total. The van der Waals surface area contributed by atoms with Crippen LogP contribution in [0.2, 0.25) is 0 Å². The van der Waals surface area contributed by atoms with Crippen LogP contribution in [-0.4, -0.2) is 54.1 Å². The van der Waals surface area contributed by atoms with Crippen molar-refractivity contribution >= 4 is 34.1 Å². The molecule has 190 valence electrons. The summed E-state index contributed by atoms with van der Waals surface area (Å²) in [6.45, 7) is 8.57. The summed E-state index contributed by atoms with van der Waals surface area (Å²) in [5.41, 5.74) is 1.33. The van der Waals surface area contributed by atoms with Gasteiger partial charge in [-0.15, -0.1) is 0 Å². The van der Waals surface area contributed by atoms with Gasteiger partial charge in [0.25, 0.3) is 5.69 Å². The molecule has 0 bridgehead atoms. The van der Waals surface area contributed by atoms with E-state index in [1.54, 1.807) is 39.0 Å². The molecule has 0 radical (unpaired) electrons. The highest BCUT2D eigenvalue weighted by molar-refractivity contribution is 5.94. The molecule has 0 amide bonds. The van der Waals surface area contributed by atoms with Gasteiger partial charge in [-0.05, 0) is 44.5 Å². The van der Waals surface area contributed by atoms with Crippen LogP contribution in [0.15, 0.2) is 36.7 Å². The topological polar surface area (TPSA) is 132 Å². The minimum atomic E-state index is -0.669. The first-order valence-electron chi connectivity index (χ1n) is 11.7. The summed E-state index contributed by atoms with van der Waals surface area (Å²) in [7, 11) is 1.51. The molecule has 1 aliphatic rings. The van der Waals surface area contributed by atoms with Crippen LogP contribution in [-0.2, 0) is 11.3 Å². The number of aromatic nitrogens is 2. The van der Waals surface area contributed by atoms with Crippen LogP contribution in [0.4, 0.5) is 17.2 Å². The van der Waals surface area contributed by atoms with Crippen LogP contribution in [0, 0.1) is 15.5 Å². The molecule has 0 unspecified atom stereocenters. The number of nitrogens with zero attached hydrogens (tertiary/aromatic N) is 4. The van der Waals surface area contributed by atoms with Gasteiger partial charge in [0.15, 0.2) is 11.5 Å². The number of nitro groups is 1. The number of methoxy groups -OCH3 is 1. The summed E-state index contributed by atoms with van der Waals surface area (Å²) in [6, 6.07) is 8.58. The normalized spacial score (nSPS) is 13.9. The standard InChI is InChI=1S/C25H30N6O5/c1-25(2,3)24(32)36-22-11-16(5-6-21(22)35-4)14-27-23-17-12-20(31(33)34)19(13-18(17)28-15-29-23)30-9-7-26-8-10-30/h5-6,11-13,15,26H,7-10,14H2,1-4H3,(H,27,28,29). The summed E-state index contributed by atoms with van der Waals surface area (Å²) >= 11 is 0. The maximum Gasteiger partial charge on any atom is 0.316 e. The molecule has 1 saturated heterocycles. The van der Waals surface area contributed by atoms with Crippen LogP contribution in [0.5, 0.6) is 11.5 Å². The number of fused-ring (bicyclic) bond motifs is 1. The Hall–Kier alpha value is -3.99. The first kappa shape index (κ1) is 25.1. The van der Waals surface area contributed by atoms with Gasteiger partial charge in [-0.3, -0.25) is 14.9 Å². The lowest BCUT2D eigenvalue weighted by Crippen LogP contribution is -2.43. The van der Waals surface area contributed by atoms with Crippen molar-refractivity contribution in [3.05, 3.63) is 52.3 Å². The number of piperazine rings is 1. The lowest BCUT2D eigenvalue weighted by atomic mass is 9.97. The molecule has 36 heavy (non-hydrogen) atoms. The molecule has 1 fully saturated rings. The molecule has 1 aromatic heterocycles. The number of esters is 1. The van der Waals surface area contributed by atoms with E-state index in [0.29, 0.717) is 53.5 Å². The quantitative estimate of drug-likeness (QED) is 0.218. The fraction of sp³-hybridized carbons (Fsp3) is 0.400. The van der Waals surface area contributed by atoms with Crippen LogP contribution in [0.25, 0.3) is 10.9 Å². The molecular weight excluding hydrogens is 464 g/mol. The summed E-state index contributed by atoms with van der Waals surface area (Å²) in [6.07, 6.45) is 1.43. The average molecular weight is 495 g/mol. The van der Waals surface area contributed by atoms with E-state index in [1.165, 1.54) is 19.5 Å². The van der Waals surface area contributed by atoms with Crippen LogP contribution < -0.4 is 25.0 Å². The SMILES string of the molecule is COc1ccc(CNc2ncnc3cc(N4CCNCC4)c([N+](=O)[O-])cc23)cc1OC(=O)C(C)(C)C. The minimum absolute atomic E-state index is 0.0167. The number of nitro benzene ring substituents is 1. The van der Waals surface area contributed by atoms with Gasteiger partial charge in [0.2, 0.25) is 0 Å². The third kappa shape index (κ3) is 5.46. The first-order valence-corrected chi connectivity index (χ1v) is 11.7. The van der Waals surface area contributed by atoms with E-state index in [9.17, 15) is 14.9 Å². The number of benzene rings is 2. The second-order valence-corrected chi connectivity index (χ2v) is 9.55. The number of ether oxygens (including phenoxy) is 2. The Morgan fingerprint density at radius 3 is 2.58 bits per heavy atom. The maximum absolute atomic E-state index is 12.4. The molecule has 0 aliphatic carbocycles. The number of nitrogens with one attached hydrogen (secondary N) is 2. The van der Waals surface area contributed by atoms with E-state index in [2.05, 4.69) is 20.6 Å². The zero-order valence-electron chi connectivity index (χ0n) is 20.8. The number of anilines is 2. The zero-order chi connectivity index (χ0) is 25.9. The molecule has 2 aromatic carbocycles. The minimum Gasteiger partial charge on any atom is -0.493 e. The van der Waals surface area contributed by atoms with E-state index in [0.717, 1.165) is 18.7 Å². The molecule has 1 aliphatic heterocycles. The largest absolute Gasteiger partial charge is 0.493 e. The second kappa shape index (κ2) is 10.3. The van der Waals surface area contributed by atoms with Gasteiger partial charge in [-0.2, -0.15) is 0 Å². The van der Waals surface area contributed by atoms with Crippen LogP contribution >= 0.6 is 0 Å². The highest BCUT2D eigenvalue weighted by atomic mass is 16.6. The Morgan fingerprint density at radius 2 is 1.92 bits per heavy atom. The van der Waals surface area contributed by atoms with Gasteiger partial charge < -0.3 is 25.0 Å². The molecule has 11 heteroatoms. The van der Waals surface area contributed by atoms with Crippen molar-refractivity contribution in [2.24, 2.45) is 5.41 Å². The van der Waals surface area contributed by atoms with Crippen molar-refractivity contribution < 1.29 is 19.2 Å². The number of rotatable bonds is 7. The van der Waals surface area contributed by atoms with Crippen molar-refractivity contribution in [2.45, 2.75) is 27.3 Å². The lowest BCUT2D eigenvalue weighted by Gasteiger charge is -2.29. The van der Waals surface area contributed by atoms with Crippen LogP contribution in [0.1, 0.15) is 26.3 Å². The number of carbonyl (C=O) groups is 1. The maximum atomic E-state index is 12.4. The van der Waals surface area contributed by atoms with Crippen molar-refractivity contribution in [3.63, 3.8) is 0 Å². The smallest absolute Gasteiger partial charge is 0.316 e. The van der Waals surface area contributed by atoms with Gasteiger partial charge >= 0.3 is 5.97 Å². The third-order valence-electron chi connectivity index (χ3n) is 5.89. The molecule has 0 spiro atoms. The van der Waals surface area contributed by atoms with Crippen LogP contribution in [0.3, 0.4) is 0 Å². The van der Waals surface area contributed by atoms with Gasteiger partial charge in [0, 0.05) is 44.2 Å². The van der Waals surface area contributed by atoms with E-state index in [1.807, 2.05) is 11.0 Å². The summed E-state index contributed by atoms with van der Waals surface area (Å²) in [5.74, 6) is 0.861. The summed E-state index contributed by atoms with van der Waals surface area (Å²) in [4.78, 5) is 34.6. The van der Waals surface area contributed by atoms with Crippen molar-refractivity contribution in [2.75, 3.05) is 43.5 Å². The van der Waals surface area contributed by atoms with Gasteiger partial charge in [0.1, 0.15) is 17.8 Å². The molecular formula is C25H30N6O5. The predicted molar refractivity (Wildman–Crippen MR) is 137 cm³/mol. The fourth-order valence-electron chi connectivity index (χ4n) is 3.88. The van der Waals surface area contributed by atoms with E-state index in [-0.39, 0.29) is 16.6 Å². The Bertz CT molecular complexity index is 1280. The van der Waals surface area contributed by atoms with Crippen molar-refractivity contribution in [3.8, 4) is 11.5 Å². The molecule has 0 saturated carbocycles. The highest BCUT2D eigenvalue weighted by Gasteiger charge is 2.26. The van der Waals surface area contributed by atoms with Gasteiger partial charge in [-0.1, -0.05) is 6.07 Å². The van der Waals surface area contributed by atoms with Gasteiger partial charge in [-0.25, -0.2) is 9.97 Å². The number of hydrogen-bond acceptors (Lipinski definition) is 10. The van der Waals surface area contributed by atoms with E-state index >= 15 is 0 Å². The Labute approximate surface area is 209 Å². The predicted octanol–water partition coefficient (Wildman–Crippen LogP) is 3.52. The second-order valence-electron chi connectivity index (χ2n) is 9.55. The molecule has 3 aromatic rings. The summed E-state index contributed by atoms with van der Waals surface area (Å²) < 4.78 is 10.9. The molecule has 0 atom stereocenters. The first-order chi connectivity index (χ1) is 17.2. The Morgan fingerprint density at radius 1 is 1.17 bits per heavy atom. The van der Waals surface area contributed by atoms with E-state index < -0.39 is 5.41 Å². The number of hydrogen-bond donors (Lipinski definition) is 2. The summed E-state index contributed by atoms with van der Waals surface area (Å²) in [5, 5.41) is 19.0. The molecule has 11 nitrogen and oxygen atoms in total. The Balaban J connectivity index is 1.61. The zero-order valence-corrected chi connectivity index (χ0v) is 20.8. The van der Waals surface area contributed by atoms with Gasteiger partial charge in [0.05, 0.1) is 23.0 Å². The molecule has 4 rings (SSSR count). The Kier molecular flexibility index (Phi) is 7.20. The lowest BCUT2D eigenvalue weighted by molar-refractivity contribution is -0.384. The fourth-order valence-corrected chi connectivity index (χ4v) is 3.88. The van der Waals surface area contributed by atoms with Crippen molar-refractivity contribution in [1.82, 2.24) is 15.3 Å². The van der Waals surface area contributed by atoms with E-state index in [4.69, 9.17) is 9.47 Å². The monoisotopic (exact) mass is 494 g/mol.